The standard InChI is InChI=1S/C10H16N2O2S/c1-15-8-5-3-2-4-7(8)12-6-9(13)11-10(12)14/h7-8H,2-6H2,1H3,(H,11,13,14). The highest BCUT2D eigenvalue weighted by molar-refractivity contribution is 7.99. The van der Waals surface area contributed by atoms with Gasteiger partial charge in [0, 0.05) is 11.3 Å². The SMILES string of the molecule is CSC1CCCCC1N1CC(=O)NC1=O. The maximum absolute atomic E-state index is 11.5. The number of imide groups is 1. The Bertz CT molecular complexity index is 283. The monoisotopic (exact) mass is 228 g/mol. The molecule has 2 rings (SSSR count). The molecule has 0 aromatic heterocycles. The van der Waals surface area contributed by atoms with Crippen molar-refractivity contribution in [1.29, 1.82) is 0 Å². The summed E-state index contributed by atoms with van der Waals surface area (Å²) in [5, 5.41) is 2.84. The minimum absolute atomic E-state index is 0.162. The lowest BCUT2D eigenvalue weighted by molar-refractivity contribution is -0.118. The topological polar surface area (TPSA) is 49.4 Å². The highest BCUT2D eigenvalue weighted by atomic mass is 32.2. The second kappa shape index (κ2) is 4.43. The number of thioether (sulfide) groups is 1. The lowest BCUT2D eigenvalue weighted by Gasteiger charge is -2.35. The Balaban J connectivity index is 2.07. The van der Waals surface area contributed by atoms with Gasteiger partial charge in [-0.05, 0) is 19.1 Å². The van der Waals surface area contributed by atoms with Crippen LogP contribution >= 0.6 is 11.8 Å². The third-order valence-electron chi connectivity index (χ3n) is 3.19. The average molecular weight is 228 g/mol. The summed E-state index contributed by atoms with van der Waals surface area (Å²) in [6.07, 6.45) is 6.68. The largest absolute Gasteiger partial charge is 0.324 e. The fourth-order valence-corrected chi connectivity index (χ4v) is 3.43. The van der Waals surface area contributed by atoms with Gasteiger partial charge in [-0.3, -0.25) is 10.1 Å². The second-order valence-electron chi connectivity index (χ2n) is 4.11. The molecule has 4 nitrogen and oxygen atoms in total. The number of nitrogens with zero attached hydrogens (tertiary/aromatic N) is 1. The maximum atomic E-state index is 11.5. The Labute approximate surface area is 93.8 Å². The zero-order valence-corrected chi connectivity index (χ0v) is 9.68. The van der Waals surface area contributed by atoms with Crippen molar-refractivity contribution in [2.75, 3.05) is 12.8 Å². The first-order valence-corrected chi connectivity index (χ1v) is 6.64. The van der Waals surface area contributed by atoms with Gasteiger partial charge < -0.3 is 4.90 Å². The molecule has 0 radical (unpaired) electrons. The zero-order valence-electron chi connectivity index (χ0n) is 8.86. The van der Waals surface area contributed by atoms with Gasteiger partial charge in [0.05, 0.1) is 0 Å². The molecule has 1 aliphatic carbocycles. The van der Waals surface area contributed by atoms with Gasteiger partial charge in [-0.2, -0.15) is 11.8 Å². The van der Waals surface area contributed by atoms with Crippen molar-refractivity contribution in [1.82, 2.24) is 10.2 Å². The van der Waals surface area contributed by atoms with Crippen LogP contribution in [0.5, 0.6) is 0 Å². The van der Waals surface area contributed by atoms with E-state index in [0.717, 1.165) is 12.8 Å². The first-order chi connectivity index (χ1) is 7.22. The summed E-state index contributed by atoms with van der Waals surface area (Å²) in [7, 11) is 0. The average Bonchev–Trinajstić information content (AvgIpc) is 2.57. The number of nitrogens with one attached hydrogen (secondary N) is 1. The van der Waals surface area contributed by atoms with Gasteiger partial charge in [-0.25, -0.2) is 4.79 Å². The van der Waals surface area contributed by atoms with E-state index in [9.17, 15) is 9.59 Å². The Kier molecular flexibility index (Phi) is 3.19. The third-order valence-corrected chi connectivity index (χ3v) is 4.35. The fraction of sp³-hybridized carbons (Fsp3) is 0.800. The van der Waals surface area contributed by atoms with Crippen molar-refractivity contribution in [3.8, 4) is 0 Å². The summed E-state index contributed by atoms with van der Waals surface area (Å²) in [6.45, 7) is 0.251. The molecule has 1 saturated carbocycles. The molecule has 0 aromatic rings. The maximum Gasteiger partial charge on any atom is 0.324 e. The molecule has 1 aliphatic heterocycles. The summed E-state index contributed by atoms with van der Waals surface area (Å²) in [5.74, 6) is -0.162. The normalized spacial score (nSPS) is 31.9. The van der Waals surface area contributed by atoms with Crippen LogP contribution in [0.3, 0.4) is 0 Å². The quantitative estimate of drug-likeness (QED) is 0.723. The Morgan fingerprint density at radius 3 is 2.67 bits per heavy atom. The number of hydrogen-bond donors (Lipinski definition) is 1. The molecule has 0 aromatic carbocycles. The van der Waals surface area contributed by atoms with Gasteiger partial charge in [0.15, 0.2) is 0 Å². The number of carbonyl (C=O) groups is 2. The van der Waals surface area contributed by atoms with Gasteiger partial charge in [0.1, 0.15) is 6.54 Å². The smallest absolute Gasteiger partial charge is 0.311 e. The van der Waals surface area contributed by atoms with Gasteiger partial charge in [0.2, 0.25) is 5.91 Å². The highest BCUT2D eigenvalue weighted by Gasteiger charge is 2.37. The molecule has 2 unspecified atom stereocenters. The number of amides is 3. The second-order valence-corrected chi connectivity index (χ2v) is 5.18. The summed E-state index contributed by atoms with van der Waals surface area (Å²) in [6, 6.07) is 0.0474. The Morgan fingerprint density at radius 1 is 1.33 bits per heavy atom. The lowest BCUT2D eigenvalue weighted by Crippen LogP contribution is -2.45. The first-order valence-electron chi connectivity index (χ1n) is 5.35. The molecule has 5 heteroatoms. The molecule has 1 heterocycles. The van der Waals surface area contributed by atoms with E-state index in [0.29, 0.717) is 5.25 Å². The van der Waals surface area contributed by atoms with Crippen LogP contribution in [-0.2, 0) is 4.79 Å². The van der Waals surface area contributed by atoms with Crippen LogP contribution in [0.25, 0.3) is 0 Å². The van der Waals surface area contributed by atoms with Gasteiger partial charge in [0.25, 0.3) is 0 Å². The Morgan fingerprint density at radius 2 is 2.07 bits per heavy atom. The van der Waals surface area contributed by atoms with Crippen molar-refractivity contribution < 1.29 is 9.59 Å². The summed E-state index contributed by atoms with van der Waals surface area (Å²) < 4.78 is 0. The van der Waals surface area contributed by atoms with Gasteiger partial charge in [-0.15, -0.1) is 0 Å². The fourth-order valence-electron chi connectivity index (χ4n) is 2.43. The van der Waals surface area contributed by atoms with E-state index < -0.39 is 0 Å². The van der Waals surface area contributed by atoms with Crippen molar-refractivity contribution in [3.05, 3.63) is 0 Å². The summed E-state index contributed by atoms with van der Waals surface area (Å²) in [5.41, 5.74) is 0. The number of hydrogen-bond acceptors (Lipinski definition) is 3. The molecule has 15 heavy (non-hydrogen) atoms. The summed E-state index contributed by atoms with van der Waals surface area (Å²) >= 11 is 1.81. The van der Waals surface area contributed by atoms with Crippen LogP contribution in [0.15, 0.2) is 0 Å². The van der Waals surface area contributed by atoms with E-state index in [4.69, 9.17) is 0 Å². The molecule has 0 spiro atoms. The molecule has 2 aliphatic rings. The number of carbonyl (C=O) groups excluding carboxylic acids is 2. The van der Waals surface area contributed by atoms with E-state index in [1.165, 1.54) is 12.8 Å². The van der Waals surface area contributed by atoms with Crippen LogP contribution in [0.4, 0.5) is 4.79 Å². The van der Waals surface area contributed by atoms with Gasteiger partial charge >= 0.3 is 6.03 Å². The molecular formula is C10H16N2O2S. The Hall–Kier alpha value is -0.710. The van der Waals surface area contributed by atoms with Crippen molar-refractivity contribution in [3.63, 3.8) is 0 Å². The van der Waals surface area contributed by atoms with Crippen molar-refractivity contribution in [2.45, 2.75) is 37.0 Å². The van der Waals surface area contributed by atoms with Crippen LogP contribution in [0.2, 0.25) is 0 Å². The molecular weight excluding hydrogens is 212 g/mol. The molecule has 3 amide bonds. The predicted molar refractivity (Wildman–Crippen MR) is 59.8 cm³/mol. The number of urea groups is 1. The summed E-state index contributed by atoms with van der Waals surface area (Å²) in [4.78, 5) is 24.4. The van der Waals surface area contributed by atoms with Crippen LogP contribution in [0, 0.1) is 0 Å². The predicted octanol–water partition coefficient (Wildman–Crippen LogP) is 1.21. The highest BCUT2D eigenvalue weighted by Crippen LogP contribution is 2.31. The minimum Gasteiger partial charge on any atom is -0.311 e. The minimum atomic E-state index is -0.203. The molecule has 2 fully saturated rings. The van der Waals surface area contributed by atoms with Crippen LogP contribution < -0.4 is 5.32 Å². The molecule has 84 valence electrons. The molecule has 2 atom stereocenters. The third kappa shape index (κ3) is 2.12. The van der Waals surface area contributed by atoms with E-state index in [1.54, 1.807) is 4.90 Å². The number of rotatable bonds is 2. The van der Waals surface area contributed by atoms with Crippen LogP contribution in [-0.4, -0.2) is 40.9 Å². The molecule has 1 saturated heterocycles. The zero-order chi connectivity index (χ0) is 10.8. The molecule has 0 bridgehead atoms. The van der Waals surface area contributed by atoms with E-state index in [-0.39, 0.29) is 24.5 Å². The lowest BCUT2D eigenvalue weighted by atomic mass is 9.94. The van der Waals surface area contributed by atoms with Gasteiger partial charge in [-0.1, -0.05) is 12.8 Å². The van der Waals surface area contributed by atoms with E-state index in [1.807, 2.05) is 11.8 Å². The van der Waals surface area contributed by atoms with Crippen molar-refractivity contribution in [2.24, 2.45) is 0 Å². The first kappa shape index (κ1) is 10.8. The van der Waals surface area contributed by atoms with Crippen LogP contribution in [0.1, 0.15) is 25.7 Å². The van der Waals surface area contributed by atoms with E-state index in [2.05, 4.69) is 11.6 Å². The van der Waals surface area contributed by atoms with Crippen molar-refractivity contribution >= 4 is 23.7 Å². The van der Waals surface area contributed by atoms with E-state index >= 15 is 0 Å². The molecule has 1 N–H and O–H groups in total.